The molecule has 0 aliphatic carbocycles. The van der Waals surface area contributed by atoms with Crippen molar-refractivity contribution in [1.29, 1.82) is 0 Å². The van der Waals surface area contributed by atoms with E-state index < -0.39 is 35.6 Å². The van der Waals surface area contributed by atoms with Crippen LogP contribution in [0.15, 0.2) is 57.7 Å². The minimum absolute atomic E-state index is 0.0835. The third-order valence-electron chi connectivity index (χ3n) is 3.99. The van der Waals surface area contributed by atoms with Crippen LogP contribution < -0.4 is 20.4 Å². The number of benzene rings is 2. The van der Waals surface area contributed by atoms with Crippen LogP contribution in [-0.4, -0.2) is 37.1 Å². The SMILES string of the molecule is COc1cc([N+](=O)[O-])ccc1NC(=O)COC(=O)COc1ccc2ccc(=O)oc2c1. The number of nitro benzene ring substituents is 1. The third kappa shape index (κ3) is 5.56. The summed E-state index contributed by atoms with van der Waals surface area (Å²) in [4.78, 5) is 45.3. The van der Waals surface area contributed by atoms with E-state index in [-0.39, 0.29) is 22.9 Å². The number of hydrogen-bond acceptors (Lipinski definition) is 9. The fourth-order valence-corrected chi connectivity index (χ4v) is 2.54. The van der Waals surface area contributed by atoms with E-state index in [0.29, 0.717) is 11.0 Å². The van der Waals surface area contributed by atoms with E-state index in [1.807, 2.05) is 0 Å². The molecule has 0 aliphatic heterocycles. The van der Waals surface area contributed by atoms with Gasteiger partial charge in [-0.1, -0.05) is 0 Å². The molecule has 0 aliphatic rings. The number of carbonyl (C=O) groups excluding carboxylic acids is 2. The van der Waals surface area contributed by atoms with Gasteiger partial charge < -0.3 is 23.9 Å². The van der Waals surface area contributed by atoms with Gasteiger partial charge in [0.25, 0.3) is 11.6 Å². The first kappa shape index (κ1) is 21.3. The maximum Gasteiger partial charge on any atom is 0.344 e. The van der Waals surface area contributed by atoms with Gasteiger partial charge in [0.15, 0.2) is 13.2 Å². The van der Waals surface area contributed by atoms with Crippen molar-refractivity contribution < 1.29 is 33.1 Å². The van der Waals surface area contributed by atoms with Gasteiger partial charge in [-0.25, -0.2) is 9.59 Å². The molecular formula is C20H16N2O9. The number of carbonyl (C=O) groups is 2. The average molecular weight is 428 g/mol. The van der Waals surface area contributed by atoms with Crippen LogP contribution >= 0.6 is 0 Å². The molecule has 1 N–H and O–H groups in total. The summed E-state index contributed by atoms with van der Waals surface area (Å²) in [5.41, 5.74) is -0.232. The molecule has 0 bridgehead atoms. The molecule has 3 aromatic rings. The third-order valence-corrected chi connectivity index (χ3v) is 3.99. The number of rotatable bonds is 8. The number of nitrogens with one attached hydrogen (secondary N) is 1. The summed E-state index contributed by atoms with van der Waals surface area (Å²) < 4.78 is 20.2. The Hall–Kier alpha value is -4.41. The number of ether oxygens (including phenoxy) is 3. The van der Waals surface area contributed by atoms with Crippen molar-refractivity contribution in [3.63, 3.8) is 0 Å². The summed E-state index contributed by atoms with van der Waals surface area (Å²) in [5, 5.41) is 13.9. The molecule has 1 aromatic heterocycles. The van der Waals surface area contributed by atoms with Crippen molar-refractivity contribution >= 4 is 34.2 Å². The molecule has 0 saturated carbocycles. The lowest BCUT2D eigenvalue weighted by Crippen LogP contribution is -2.23. The van der Waals surface area contributed by atoms with Crippen LogP contribution in [0.4, 0.5) is 11.4 Å². The van der Waals surface area contributed by atoms with E-state index in [4.69, 9.17) is 18.6 Å². The first-order chi connectivity index (χ1) is 14.9. The molecule has 160 valence electrons. The normalized spacial score (nSPS) is 10.4. The average Bonchev–Trinajstić information content (AvgIpc) is 2.76. The maximum atomic E-state index is 12.0. The van der Waals surface area contributed by atoms with Gasteiger partial charge in [0.1, 0.15) is 17.1 Å². The Morgan fingerprint density at radius 1 is 1.10 bits per heavy atom. The lowest BCUT2D eigenvalue weighted by Gasteiger charge is -2.10. The van der Waals surface area contributed by atoms with Gasteiger partial charge in [-0.05, 0) is 24.3 Å². The lowest BCUT2D eigenvalue weighted by molar-refractivity contribution is -0.384. The zero-order chi connectivity index (χ0) is 22.4. The van der Waals surface area contributed by atoms with Crippen LogP contribution in [0.3, 0.4) is 0 Å². The fraction of sp³-hybridized carbons (Fsp3) is 0.150. The van der Waals surface area contributed by atoms with Gasteiger partial charge in [-0.15, -0.1) is 0 Å². The van der Waals surface area contributed by atoms with Crippen molar-refractivity contribution in [2.75, 3.05) is 25.6 Å². The molecule has 0 atom stereocenters. The van der Waals surface area contributed by atoms with Crippen molar-refractivity contribution in [1.82, 2.24) is 0 Å². The molecule has 0 unspecified atom stereocenters. The van der Waals surface area contributed by atoms with E-state index in [2.05, 4.69) is 5.32 Å². The summed E-state index contributed by atoms with van der Waals surface area (Å²) in [7, 11) is 1.30. The highest BCUT2D eigenvalue weighted by Crippen LogP contribution is 2.28. The highest BCUT2D eigenvalue weighted by Gasteiger charge is 2.15. The molecule has 0 fully saturated rings. The number of non-ortho nitro benzene ring substituents is 1. The monoisotopic (exact) mass is 428 g/mol. The minimum atomic E-state index is -0.805. The second kappa shape index (κ2) is 9.39. The van der Waals surface area contributed by atoms with Crippen LogP contribution in [0, 0.1) is 10.1 Å². The summed E-state index contributed by atoms with van der Waals surface area (Å²) in [6.45, 7) is -1.08. The molecule has 11 nitrogen and oxygen atoms in total. The molecule has 1 amide bonds. The molecule has 0 radical (unpaired) electrons. The molecule has 1 heterocycles. The maximum absolute atomic E-state index is 12.0. The predicted octanol–water partition coefficient (Wildman–Crippen LogP) is 2.27. The number of nitrogens with zero attached hydrogens (tertiary/aromatic N) is 1. The Balaban J connectivity index is 1.51. The number of anilines is 1. The fourth-order valence-electron chi connectivity index (χ4n) is 2.54. The van der Waals surface area contributed by atoms with Gasteiger partial charge >= 0.3 is 11.6 Å². The number of esters is 1. The van der Waals surface area contributed by atoms with E-state index in [1.165, 1.54) is 31.4 Å². The first-order valence-electron chi connectivity index (χ1n) is 8.80. The Labute approximate surface area is 174 Å². The molecule has 2 aromatic carbocycles. The Kier molecular flexibility index (Phi) is 6.45. The Morgan fingerprint density at radius 3 is 2.61 bits per heavy atom. The predicted molar refractivity (Wildman–Crippen MR) is 107 cm³/mol. The minimum Gasteiger partial charge on any atom is -0.494 e. The second-order valence-corrected chi connectivity index (χ2v) is 6.09. The number of hydrogen-bond donors (Lipinski definition) is 1. The van der Waals surface area contributed by atoms with Crippen LogP contribution in [-0.2, 0) is 14.3 Å². The topological polar surface area (TPSA) is 147 Å². The number of amides is 1. The van der Waals surface area contributed by atoms with Crippen molar-refractivity contribution in [3.05, 3.63) is 69.1 Å². The van der Waals surface area contributed by atoms with E-state index >= 15 is 0 Å². The molecule has 31 heavy (non-hydrogen) atoms. The van der Waals surface area contributed by atoms with Crippen LogP contribution in [0.5, 0.6) is 11.5 Å². The van der Waals surface area contributed by atoms with E-state index in [1.54, 1.807) is 18.2 Å². The molecular weight excluding hydrogens is 412 g/mol. The standard InChI is InChI=1S/C20H16N2O9/c1-28-17-8-13(22(26)27)4-6-15(17)21-18(23)10-30-20(25)11-29-14-5-2-12-3-7-19(24)31-16(12)9-14/h2-9H,10-11H2,1H3,(H,21,23). The smallest absolute Gasteiger partial charge is 0.344 e. The first-order valence-corrected chi connectivity index (χ1v) is 8.80. The highest BCUT2D eigenvalue weighted by atomic mass is 16.6. The largest absolute Gasteiger partial charge is 0.494 e. The van der Waals surface area contributed by atoms with Crippen molar-refractivity contribution in [3.8, 4) is 11.5 Å². The summed E-state index contributed by atoms with van der Waals surface area (Å²) in [6, 6.07) is 11.2. The second-order valence-electron chi connectivity index (χ2n) is 6.09. The summed E-state index contributed by atoms with van der Waals surface area (Å²) in [6.07, 6.45) is 0. The zero-order valence-electron chi connectivity index (χ0n) is 16.2. The van der Waals surface area contributed by atoms with E-state index in [0.717, 1.165) is 6.07 Å². The zero-order valence-corrected chi connectivity index (χ0v) is 16.2. The number of methoxy groups -OCH3 is 1. The summed E-state index contributed by atoms with van der Waals surface area (Å²) >= 11 is 0. The Bertz CT molecular complexity index is 1200. The molecule has 11 heteroatoms. The highest BCUT2D eigenvalue weighted by molar-refractivity contribution is 5.94. The summed E-state index contributed by atoms with van der Waals surface area (Å²) in [5.74, 6) is -1.12. The molecule has 3 rings (SSSR count). The van der Waals surface area contributed by atoms with Gasteiger partial charge in [0, 0.05) is 23.6 Å². The number of fused-ring (bicyclic) bond motifs is 1. The Morgan fingerprint density at radius 2 is 1.87 bits per heavy atom. The van der Waals surface area contributed by atoms with E-state index in [9.17, 15) is 24.5 Å². The molecule has 0 saturated heterocycles. The van der Waals surface area contributed by atoms with Gasteiger partial charge in [-0.3, -0.25) is 14.9 Å². The number of nitro groups is 1. The van der Waals surface area contributed by atoms with Crippen molar-refractivity contribution in [2.45, 2.75) is 0 Å². The van der Waals surface area contributed by atoms with Crippen LogP contribution in [0.1, 0.15) is 0 Å². The molecule has 0 spiro atoms. The van der Waals surface area contributed by atoms with Crippen LogP contribution in [0.2, 0.25) is 0 Å². The van der Waals surface area contributed by atoms with Gasteiger partial charge in [-0.2, -0.15) is 0 Å². The van der Waals surface area contributed by atoms with Crippen LogP contribution in [0.25, 0.3) is 11.0 Å². The van der Waals surface area contributed by atoms with Gasteiger partial charge in [0.2, 0.25) is 0 Å². The van der Waals surface area contributed by atoms with Gasteiger partial charge in [0.05, 0.1) is 23.8 Å². The lowest BCUT2D eigenvalue weighted by atomic mass is 10.2. The van der Waals surface area contributed by atoms with Crippen molar-refractivity contribution in [2.24, 2.45) is 0 Å². The quantitative estimate of drug-likeness (QED) is 0.247.